The van der Waals surface area contributed by atoms with Crippen molar-refractivity contribution in [2.45, 2.75) is 64.7 Å². The number of halogens is 6. The van der Waals surface area contributed by atoms with E-state index in [2.05, 4.69) is 10.2 Å². The van der Waals surface area contributed by atoms with Crippen LogP contribution in [0.25, 0.3) is 5.69 Å². The summed E-state index contributed by atoms with van der Waals surface area (Å²) in [5, 5.41) is 17.2. The number of allylic oxidation sites excluding steroid dienone is 4. The first kappa shape index (κ1) is 34.8. The van der Waals surface area contributed by atoms with Crippen molar-refractivity contribution in [1.29, 1.82) is 0 Å². The maximum absolute atomic E-state index is 13.5. The summed E-state index contributed by atoms with van der Waals surface area (Å²) in [7, 11) is 1.84. The fraction of sp³-hybridized carbons (Fsp3) is 0.478. The van der Waals surface area contributed by atoms with Gasteiger partial charge in [-0.15, -0.1) is 5.10 Å². The highest BCUT2D eigenvalue weighted by Crippen LogP contribution is 2.35. The number of methoxy groups -OCH3 is 1. The van der Waals surface area contributed by atoms with Crippen molar-refractivity contribution in [3.8, 4) is 11.4 Å². The fourth-order valence-electron chi connectivity index (χ4n) is 2.91. The van der Waals surface area contributed by atoms with Gasteiger partial charge in [0.15, 0.2) is 0 Å². The van der Waals surface area contributed by atoms with Crippen molar-refractivity contribution >= 4 is 11.8 Å². The normalized spacial score (nSPS) is 12.2. The first-order valence-electron chi connectivity index (χ1n) is 11.1. The summed E-state index contributed by atoms with van der Waals surface area (Å²) < 4.78 is 77.4. The molecule has 0 bridgehead atoms. The minimum atomic E-state index is -4.12. The van der Waals surface area contributed by atoms with Crippen LogP contribution in [-0.4, -0.2) is 40.2 Å². The lowest BCUT2D eigenvalue weighted by Gasteiger charge is -2.13. The van der Waals surface area contributed by atoms with E-state index >= 15 is 0 Å². The molecular weight excluding hydrogens is 542 g/mol. The maximum atomic E-state index is 13.5. The lowest BCUT2D eigenvalue weighted by atomic mass is 10.1. The molecule has 0 aliphatic heterocycles. The zero-order chi connectivity index (χ0) is 29.6. The van der Waals surface area contributed by atoms with E-state index in [0.29, 0.717) is 24.9 Å². The number of nitro groups is 1. The molecule has 38 heavy (non-hydrogen) atoms. The second kappa shape index (κ2) is 16.6. The van der Waals surface area contributed by atoms with Gasteiger partial charge in [-0.3, -0.25) is 14.5 Å². The summed E-state index contributed by atoms with van der Waals surface area (Å²) in [6.07, 6.45) is -4.81. The molecular formula is C23H30F6N4O4S. The molecule has 0 aliphatic carbocycles. The molecule has 1 N–H and O–H groups in total. The summed E-state index contributed by atoms with van der Waals surface area (Å²) in [4.78, 5) is 23.2. The number of hydrogen-bond donors (Lipinski definition) is 1. The quantitative estimate of drug-likeness (QED) is 0.110. The average Bonchev–Trinajstić information content (AvgIpc) is 3.23. The Labute approximate surface area is 219 Å². The molecule has 0 atom stereocenters. The highest BCUT2D eigenvalue weighted by molar-refractivity contribution is 8.03. The predicted molar refractivity (Wildman–Crippen MR) is 133 cm³/mol. The fourth-order valence-corrected chi connectivity index (χ4v) is 4.03. The van der Waals surface area contributed by atoms with Crippen LogP contribution in [0.1, 0.15) is 58.9 Å². The topological polar surface area (TPSA) is 103 Å². The molecule has 0 saturated carbocycles. The molecule has 214 valence electrons. The molecule has 0 saturated heterocycles. The van der Waals surface area contributed by atoms with Crippen molar-refractivity contribution in [3.05, 3.63) is 66.6 Å². The van der Waals surface area contributed by atoms with E-state index in [4.69, 9.17) is 4.74 Å². The van der Waals surface area contributed by atoms with E-state index in [-0.39, 0.29) is 28.7 Å². The molecule has 1 aromatic carbocycles. The van der Waals surface area contributed by atoms with Crippen molar-refractivity contribution in [2.75, 3.05) is 14.3 Å². The van der Waals surface area contributed by atoms with Crippen molar-refractivity contribution in [1.82, 2.24) is 14.8 Å². The molecule has 2 aromatic rings. The van der Waals surface area contributed by atoms with E-state index in [1.807, 2.05) is 6.92 Å². The van der Waals surface area contributed by atoms with Crippen molar-refractivity contribution in [2.24, 2.45) is 0 Å². The molecule has 0 amide bonds. The van der Waals surface area contributed by atoms with Gasteiger partial charge in [-0.1, -0.05) is 26.3 Å². The Morgan fingerprint density at radius 1 is 1.29 bits per heavy atom. The van der Waals surface area contributed by atoms with Gasteiger partial charge in [-0.2, -0.15) is 13.2 Å². The van der Waals surface area contributed by atoms with Gasteiger partial charge in [-0.25, -0.2) is 23.2 Å². The third-order valence-corrected chi connectivity index (χ3v) is 6.02. The number of alkyl halides is 6. The Morgan fingerprint density at radius 2 is 1.89 bits per heavy atom. The molecule has 15 heteroatoms. The van der Waals surface area contributed by atoms with Crippen LogP contribution in [0.4, 0.5) is 26.3 Å². The predicted octanol–water partition coefficient (Wildman–Crippen LogP) is 7.40. The minimum absolute atomic E-state index is 0.0386. The third kappa shape index (κ3) is 9.91. The molecule has 8 nitrogen and oxygen atoms in total. The summed E-state index contributed by atoms with van der Waals surface area (Å²) in [6.45, 7) is 6.09. The Bertz CT molecular complexity index is 1160. The number of aromatic amines is 1. The van der Waals surface area contributed by atoms with E-state index in [1.54, 1.807) is 0 Å². The summed E-state index contributed by atoms with van der Waals surface area (Å²) in [5.41, 5.74) is -1.73. The molecule has 0 fully saturated rings. The van der Waals surface area contributed by atoms with Crippen LogP contribution in [-0.2, 0) is 0 Å². The van der Waals surface area contributed by atoms with Gasteiger partial charge in [0.1, 0.15) is 5.75 Å². The maximum Gasteiger partial charge on any atom is 0.412 e. The van der Waals surface area contributed by atoms with E-state index in [0.717, 1.165) is 28.5 Å². The van der Waals surface area contributed by atoms with Crippen LogP contribution in [0.3, 0.4) is 0 Å². The number of ether oxygens (including phenoxy) is 1. The molecule has 0 aliphatic rings. The molecule has 0 spiro atoms. The zero-order valence-corrected chi connectivity index (χ0v) is 22.5. The van der Waals surface area contributed by atoms with Crippen LogP contribution in [0, 0.1) is 10.1 Å². The standard InChI is InChI=1S/C16H18F2N4O4S.C6H9F3.CH3F/c1-4-5-13(9(2)22(24)25)27-16-20-19-15(23)21(16)12-7-6-10(26-3)8-11(12)14(17)18;1-3-5(4-2)6(7,8)9;1-2/h6-8,14H,4-5H2,1-3H3,(H,19,23);3H,4H2,1-2H3;1H3/b13-9-;5-3+;. The van der Waals surface area contributed by atoms with Crippen LogP contribution in [0.15, 0.2) is 50.4 Å². The number of thioether (sulfide) groups is 1. The summed E-state index contributed by atoms with van der Waals surface area (Å²) in [6, 6.07) is 3.91. The second-order valence-electron chi connectivity index (χ2n) is 7.16. The van der Waals surface area contributed by atoms with Gasteiger partial charge in [0, 0.05) is 18.1 Å². The van der Waals surface area contributed by atoms with Gasteiger partial charge in [-0.05, 0) is 49.7 Å². The van der Waals surface area contributed by atoms with Crippen molar-refractivity contribution < 1.29 is 36.0 Å². The molecule has 2 rings (SSSR count). The smallest absolute Gasteiger partial charge is 0.412 e. The van der Waals surface area contributed by atoms with E-state index in [9.17, 15) is 41.3 Å². The Hall–Kier alpha value is -3.23. The van der Waals surface area contributed by atoms with Gasteiger partial charge in [0.2, 0.25) is 5.16 Å². The SMILES string of the molecule is C/C=C(\CC)C(F)(F)F.CCC/C(Sc1n[nH]c(=O)n1-c1ccc(OC)cc1C(F)F)=C(\C)[N+](=O)[O-].CF. The van der Waals surface area contributed by atoms with E-state index in [1.165, 1.54) is 40.0 Å². The molecule has 1 aromatic heterocycles. The number of rotatable bonds is 9. The van der Waals surface area contributed by atoms with Gasteiger partial charge in [0.25, 0.3) is 12.1 Å². The number of benzene rings is 1. The lowest BCUT2D eigenvalue weighted by Crippen LogP contribution is -2.17. The van der Waals surface area contributed by atoms with Crippen LogP contribution < -0.4 is 10.4 Å². The van der Waals surface area contributed by atoms with Gasteiger partial charge in [0.05, 0.1) is 29.8 Å². The van der Waals surface area contributed by atoms with Gasteiger partial charge < -0.3 is 4.74 Å². The number of nitrogens with one attached hydrogen (secondary N) is 1. The Balaban J connectivity index is 0.00000105. The van der Waals surface area contributed by atoms with E-state index < -0.39 is 34.4 Å². The molecule has 0 unspecified atom stereocenters. The lowest BCUT2D eigenvalue weighted by molar-refractivity contribution is -0.425. The highest BCUT2D eigenvalue weighted by atomic mass is 32.2. The van der Waals surface area contributed by atoms with Crippen LogP contribution in [0.5, 0.6) is 5.75 Å². The van der Waals surface area contributed by atoms with Crippen LogP contribution >= 0.6 is 11.8 Å². The first-order chi connectivity index (χ1) is 17.8. The number of hydrogen-bond acceptors (Lipinski definition) is 6. The highest BCUT2D eigenvalue weighted by Gasteiger charge is 2.30. The molecule has 0 radical (unpaired) electrons. The van der Waals surface area contributed by atoms with Crippen LogP contribution in [0.2, 0.25) is 0 Å². The summed E-state index contributed by atoms with van der Waals surface area (Å²) >= 11 is 0.905. The third-order valence-electron chi connectivity index (χ3n) is 4.81. The Morgan fingerprint density at radius 3 is 2.29 bits per heavy atom. The Kier molecular flexibility index (Phi) is 15.2. The molecule has 1 heterocycles. The number of nitrogens with zero attached hydrogens (tertiary/aromatic N) is 3. The minimum Gasteiger partial charge on any atom is -0.497 e. The van der Waals surface area contributed by atoms with Crippen molar-refractivity contribution in [3.63, 3.8) is 0 Å². The largest absolute Gasteiger partial charge is 0.497 e. The van der Waals surface area contributed by atoms with Gasteiger partial charge >= 0.3 is 11.9 Å². The zero-order valence-electron chi connectivity index (χ0n) is 21.7. The monoisotopic (exact) mass is 572 g/mol. The number of aromatic nitrogens is 3. The second-order valence-corrected chi connectivity index (χ2v) is 8.22. The average molecular weight is 573 g/mol. The number of H-pyrrole nitrogens is 1. The summed E-state index contributed by atoms with van der Waals surface area (Å²) in [5.74, 6) is 0.218. The first-order valence-corrected chi connectivity index (χ1v) is 11.9.